The average Bonchev–Trinajstić information content (AvgIpc) is 3.05. The first-order chi connectivity index (χ1) is 14.1. The molecular formula is C25H27NO3. The van der Waals surface area contributed by atoms with Crippen LogP contribution in [0, 0.1) is 0 Å². The number of nitrogens with zero attached hydrogens (tertiary/aromatic N) is 1. The van der Waals surface area contributed by atoms with Gasteiger partial charge in [0.25, 0.3) is 11.7 Å². The largest absolute Gasteiger partial charge is 0.507 e. The van der Waals surface area contributed by atoms with Crippen molar-refractivity contribution in [3.63, 3.8) is 0 Å². The molecule has 2 aromatic rings. The van der Waals surface area contributed by atoms with E-state index in [2.05, 4.69) is 6.92 Å². The Labute approximate surface area is 171 Å². The van der Waals surface area contributed by atoms with E-state index in [0.29, 0.717) is 5.56 Å². The van der Waals surface area contributed by atoms with Crippen LogP contribution < -0.4 is 0 Å². The fourth-order valence-electron chi connectivity index (χ4n) is 4.60. The molecule has 4 nitrogen and oxygen atoms in total. The van der Waals surface area contributed by atoms with Crippen molar-refractivity contribution in [2.45, 2.75) is 57.5 Å². The molecule has 1 atom stereocenters. The Morgan fingerprint density at radius 1 is 0.966 bits per heavy atom. The second kappa shape index (κ2) is 8.24. The van der Waals surface area contributed by atoms with Crippen molar-refractivity contribution in [2.24, 2.45) is 0 Å². The summed E-state index contributed by atoms with van der Waals surface area (Å²) in [6.07, 6.45) is 6.03. The van der Waals surface area contributed by atoms with Crippen molar-refractivity contribution >= 4 is 17.4 Å². The highest BCUT2D eigenvalue weighted by Gasteiger charge is 2.48. The van der Waals surface area contributed by atoms with Crippen molar-refractivity contribution in [3.8, 4) is 0 Å². The summed E-state index contributed by atoms with van der Waals surface area (Å²) < 4.78 is 0. The van der Waals surface area contributed by atoms with E-state index in [1.807, 2.05) is 42.5 Å². The van der Waals surface area contributed by atoms with Gasteiger partial charge in [0.05, 0.1) is 11.6 Å². The Morgan fingerprint density at radius 2 is 1.62 bits per heavy atom. The zero-order valence-electron chi connectivity index (χ0n) is 16.8. The lowest BCUT2D eigenvalue weighted by Crippen LogP contribution is -2.40. The predicted molar refractivity (Wildman–Crippen MR) is 113 cm³/mol. The van der Waals surface area contributed by atoms with Gasteiger partial charge in [-0.2, -0.15) is 0 Å². The van der Waals surface area contributed by atoms with Crippen LogP contribution in [-0.4, -0.2) is 27.7 Å². The number of carbonyl (C=O) groups excluding carboxylic acids is 2. The molecule has 29 heavy (non-hydrogen) atoms. The normalized spacial score (nSPS) is 22.2. The van der Waals surface area contributed by atoms with Crippen LogP contribution in [0.4, 0.5) is 0 Å². The second-order valence-electron chi connectivity index (χ2n) is 7.96. The number of rotatable bonds is 4. The van der Waals surface area contributed by atoms with Crippen molar-refractivity contribution in [1.82, 2.24) is 4.90 Å². The number of aliphatic hydroxyl groups is 1. The molecule has 0 aromatic heterocycles. The summed E-state index contributed by atoms with van der Waals surface area (Å²) in [5.74, 6) is -1.16. The fourth-order valence-corrected chi connectivity index (χ4v) is 4.60. The lowest BCUT2D eigenvalue weighted by molar-refractivity contribution is -0.141. The summed E-state index contributed by atoms with van der Waals surface area (Å²) in [6, 6.07) is 16.6. The molecule has 1 N–H and O–H groups in total. The first-order valence-electron chi connectivity index (χ1n) is 10.6. The van der Waals surface area contributed by atoms with Gasteiger partial charge in [0.15, 0.2) is 0 Å². The van der Waals surface area contributed by atoms with Crippen LogP contribution in [0.1, 0.15) is 61.8 Å². The Kier molecular flexibility index (Phi) is 5.52. The number of aliphatic hydroxyl groups excluding tert-OH is 1. The molecule has 2 aliphatic rings. The molecule has 0 radical (unpaired) electrons. The number of carbonyl (C=O) groups is 2. The molecule has 2 aromatic carbocycles. The van der Waals surface area contributed by atoms with Crippen LogP contribution in [0.2, 0.25) is 0 Å². The summed E-state index contributed by atoms with van der Waals surface area (Å²) in [4.78, 5) is 27.9. The number of likely N-dealkylation sites (tertiary alicyclic amines) is 1. The van der Waals surface area contributed by atoms with Gasteiger partial charge in [-0.05, 0) is 30.4 Å². The maximum Gasteiger partial charge on any atom is 0.295 e. The molecule has 0 spiro atoms. The van der Waals surface area contributed by atoms with E-state index in [9.17, 15) is 14.7 Å². The highest BCUT2D eigenvalue weighted by Crippen LogP contribution is 2.43. The Hall–Kier alpha value is -2.88. The topological polar surface area (TPSA) is 57.6 Å². The standard InChI is InChI=1S/C25H27NO3/c1-2-17-13-15-18(16-14-17)22-21(23(27)19-9-5-3-6-10-19)24(28)25(29)26(22)20-11-7-4-8-12-20/h3,5-6,9-10,13-16,20,22,27H,2,4,7-8,11-12H2,1H3/b23-21-. The molecule has 1 amide bonds. The van der Waals surface area contributed by atoms with E-state index in [1.165, 1.54) is 12.0 Å². The van der Waals surface area contributed by atoms with Gasteiger partial charge in [0, 0.05) is 11.6 Å². The monoisotopic (exact) mass is 389 g/mol. The molecule has 1 saturated carbocycles. The number of ketones is 1. The minimum atomic E-state index is -0.582. The van der Waals surface area contributed by atoms with Crippen LogP contribution in [0.15, 0.2) is 60.2 Å². The zero-order chi connectivity index (χ0) is 20.4. The summed E-state index contributed by atoms with van der Waals surface area (Å²) in [7, 11) is 0. The van der Waals surface area contributed by atoms with Gasteiger partial charge in [-0.3, -0.25) is 9.59 Å². The summed E-state index contributed by atoms with van der Waals surface area (Å²) in [5, 5.41) is 11.0. The van der Waals surface area contributed by atoms with Gasteiger partial charge in [0.2, 0.25) is 0 Å². The molecule has 4 heteroatoms. The molecule has 1 aliphatic carbocycles. The molecular weight excluding hydrogens is 362 g/mol. The predicted octanol–water partition coefficient (Wildman–Crippen LogP) is 5.00. The number of amides is 1. The van der Waals surface area contributed by atoms with Crippen LogP contribution >= 0.6 is 0 Å². The van der Waals surface area contributed by atoms with Crippen LogP contribution in [0.5, 0.6) is 0 Å². The molecule has 1 aliphatic heterocycles. The van der Waals surface area contributed by atoms with E-state index in [1.54, 1.807) is 17.0 Å². The minimum Gasteiger partial charge on any atom is -0.507 e. The Balaban J connectivity index is 1.85. The fraction of sp³-hybridized carbons (Fsp3) is 0.360. The van der Waals surface area contributed by atoms with E-state index < -0.39 is 17.7 Å². The van der Waals surface area contributed by atoms with E-state index in [-0.39, 0.29) is 17.4 Å². The van der Waals surface area contributed by atoms with Crippen molar-refractivity contribution in [1.29, 1.82) is 0 Å². The van der Waals surface area contributed by atoms with Crippen LogP contribution in [0.25, 0.3) is 5.76 Å². The van der Waals surface area contributed by atoms with E-state index in [0.717, 1.165) is 37.7 Å². The molecule has 4 rings (SSSR count). The summed E-state index contributed by atoms with van der Waals surface area (Å²) in [6.45, 7) is 2.10. The highest BCUT2D eigenvalue weighted by atomic mass is 16.3. The molecule has 1 unspecified atom stereocenters. The van der Waals surface area contributed by atoms with Gasteiger partial charge >= 0.3 is 0 Å². The number of Topliss-reactive ketones (excluding diaryl/α,β-unsaturated/α-hetero) is 1. The molecule has 1 saturated heterocycles. The number of hydrogen-bond donors (Lipinski definition) is 1. The number of benzene rings is 2. The lowest BCUT2D eigenvalue weighted by atomic mass is 9.90. The van der Waals surface area contributed by atoms with Crippen LogP contribution in [0.3, 0.4) is 0 Å². The third kappa shape index (κ3) is 3.59. The van der Waals surface area contributed by atoms with E-state index in [4.69, 9.17) is 0 Å². The highest BCUT2D eigenvalue weighted by molar-refractivity contribution is 6.46. The van der Waals surface area contributed by atoms with Gasteiger partial charge in [-0.1, -0.05) is 80.8 Å². The number of aryl methyl sites for hydroxylation is 1. The quantitative estimate of drug-likeness (QED) is 0.455. The second-order valence-corrected chi connectivity index (χ2v) is 7.96. The smallest absolute Gasteiger partial charge is 0.295 e. The first-order valence-corrected chi connectivity index (χ1v) is 10.6. The summed E-state index contributed by atoms with van der Waals surface area (Å²) in [5.41, 5.74) is 2.84. The van der Waals surface area contributed by atoms with Gasteiger partial charge in [-0.25, -0.2) is 0 Å². The van der Waals surface area contributed by atoms with Gasteiger partial charge in [0.1, 0.15) is 5.76 Å². The minimum absolute atomic E-state index is 0.0390. The maximum absolute atomic E-state index is 13.1. The Bertz CT molecular complexity index is 924. The molecule has 0 bridgehead atoms. The molecule has 2 fully saturated rings. The number of hydrogen-bond acceptors (Lipinski definition) is 3. The Morgan fingerprint density at radius 3 is 2.24 bits per heavy atom. The van der Waals surface area contributed by atoms with Crippen molar-refractivity contribution in [2.75, 3.05) is 0 Å². The molecule has 150 valence electrons. The first kappa shape index (κ1) is 19.4. The zero-order valence-corrected chi connectivity index (χ0v) is 16.8. The third-order valence-electron chi connectivity index (χ3n) is 6.20. The van der Waals surface area contributed by atoms with E-state index >= 15 is 0 Å². The van der Waals surface area contributed by atoms with Crippen LogP contribution in [-0.2, 0) is 16.0 Å². The van der Waals surface area contributed by atoms with Crippen molar-refractivity contribution < 1.29 is 14.7 Å². The van der Waals surface area contributed by atoms with Gasteiger partial charge < -0.3 is 10.0 Å². The van der Waals surface area contributed by atoms with Gasteiger partial charge in [-0.15, -0.1) is 0 Å². The maximum atomic E-state index is 13.1. The SMILES string of the molecule is CCc1ccc(C2/C(=C(/O)c3ccccc3)C(=O)C(=O)N2C2CCCCC2)cc1. The molecule has 1 heterocycles. The third-order valence-corrected chi connectivity index (χ3v) is 6.20. The lowest BCUT2D eigenvalue weighted by Gasteiger charge is -2.35. The summed E-state index contributed by atoms with van der Waals surface area (Å²) >= 11 is 0. The average molecular weight is 389 g/mol. The van der Waals surface area contributed by atoms with Crippen molar-refractivity contribution in [3.05, 3.63) is 76.9 Å².